The Balaban J connectivity index is 3.78. The Morgan fingerprint density at radius 1 is 1.17 bits per heavy atom. The van der Waals surface area contributed by atoms with Gasteiger partial charge in [-0.1, -0.05) is 0 Å². The lowest BCUT2D eigenvalue weighted by molar-refractivity contribution is 0.0814. The third kappa shape index (κ3) is 3.95. The lowest BCUT2D eigenvalue weighted by Gasteiger charge is -2.17. The van der Waals surface area contributed by atoms with Gasteiger partial charge in [0.25, 0.3) is 0 Å². The van der Waals surface area contributed by atoms with Crippen molar-refractivity contribution in [3.63, 3.8) is 0 Å². The molecule has 1 N–H and O–H groups in total. The number of rotatable bonds is 5. The summed E-state index contributed by atoms with van der Waals surface area (Å²) in [5, 5.41) is 2.76. The molecule has 0 heterocycles. The van der Waals surface area contributed by atoms with Crippen LogP contribution in [-0.4, -0.2) is 31.6 Å². The number of nitrogens with one attached hydrogen (secondary N) is 1. The lowest BCUT2D eigenvalue weighted by atomic mass is 10.1. The van der Waals surface area contributed by atoms with Crippen molar-refractivity contribution in [2.24, 2.45) is 0 Å². The van der Waals surface area contributed by atoms with Crippen molar-refractivity contribution in [2.45, 2.75) is 44.8 Å². The Bertz CT molecular complexity index is 119. The normalized spacial score (nSPS) is 21.5. The maximum atomic E-state index is 12.8. The van der Waals surface area contributed by atoms with Gasteiger partial charge in [-0.15, -0.1) is 0 Å². The van der Waals surface area contributed by atoms with Crippen LogP contribution in [0.2, 0.25) is 0 Å². The molecule has 0 aliphatic rings. The maximum Gasteiger partial charge on any atom is 0.162 e. The largest absolute Gasteiger partial charge is 0.317 e. The van der Waals surface area contributed by atoms with Gasteiger partial charge in [0.15, 0.2) is 6.17 Å². The van der Waals surface area contributed by atoms with Crippen molar-refractivity contribution < 1.29 is 13.2 Å². The van der Waals surface area contributed by atoms with Gasteiger partial charge in [-0.25, -0.2) is 13.2 Å². The van der Waals surface area contributed by atoms with E-state index in [1.165, 1.54) is 0 Å². The van der Waals surface area contributed by atoms with Gasteiger partial charge >= 0.3 is 0 Å². The summed E-state index contributed by atoms with van der Waals surface area (Å²) in [6, 6.07) is -0.128. The van der Waals surface area contributed by atoms with Crippen LogP contribution in [0.3, 0.4) is 0 Å². The van der Waals surface area contributed by atoms with Crippen molar-refractivity contribution in [1.29, 1.82) is 0 Å². The summed E-state index contributed by atoms with van der Waals surface area (Å²) in [6.45, 7) is 2.75. The van der Waals surface area contributed by atoms with E-state index in [-0.39, 0.29) is 12.5 Å². The average Bonchev–Trinajstić information content (AvgIpc) is 2.02. The highest BCUT2D eigenvalue weighted by Gasteiger charge is 2.27. The van der Waals surface area contributed by atoms with Crippen LogP contribution in [0.4, 0.5) is 13.2 Å². The quantitative estimate of drug-likeness (QED) is 0.687. The van der Waals surface area contributed by atoms with Gasteiger partial charge in [0.1, 0.15) is 12.3 Å². The van der Waals surface area contributed by atoms with E-state index in [9.17, 15) is 13.2 Å². The molecule has 74 valence electrons. The van der Waals surface area contributed by atoms with Gasteiger partial charge in [-0.3, -0.25) is 0 Å². The molecule has 1 nitrogen and oxygen atoms in total. The molecule has 12 heavy (non-hydrogen) atoms. The average molecular weight is 183 g/mol. The van der Waals surface area contributed by atoms with E-state index >= 15 is 0 Å². The van der Waals surface area contributed by atoms with Gasteiger partial charge in [0, 0.05) is 6.04 Å². The predicted molar refractivity (Wildman–Crippen MR) is 43.5 cm³/mol. The van der Waals surface area contributed by atoms with Gasteiger partial charge in [-0.2, -0.15) is 0 Å². The van der Waals surface area contributed by atoms with E-state index in [4.69, 9.17) is 0 Å². The second-order valence-corrected chi connectivity index (χ2v) is 3.06. The molecule has 4 heteroatoms. The van der Waals surface area contributed by atoms with Gasteiger partial charge in [0.2, 0.25) is 0 Å². The zero-order chi connectivity index (χ0) is 9.72. The second-order valence-electron chi connectivity index (χ2n) is 3.06. The van der Waals surface area contributed by atoms with Crippen molar-refractivity contribution >= 4 is 0 Å². The fourth-order valence-corrected chi connectivity index (χ4v) is 0.873. The molecule has 0 aliphatic carbocycles. The molecule has 0 spiro atoms. The molecule has 0 aliphatic heterocycles. The Kier molecular flexibility index (Phi) is 5.29. The molecule has 0 rings (SSSR count). The number of halogens is 3. The summed E-state index contributed by atoms with van der Waals surface area (Å²) in [4.78, 5) is 0. The fraction of sp³-hybridized carbons (Fsp3) is 1.00. The molecule has 0 fully saturated rings. The molecule has 0 saturated heterocycles. The minimum atomic E-state index is -2.00. The first-order chi connectivity index (χ1) is 5.49. The van der Waals surface area contributed by atoms with Crippen LogP contribution in [0.1, 0.15) is 20.3 Å². The van der Waals surface area contributed by atoms with Gasteiger partial charge in [-0.05, 0) is 27.3 Å². The molecule has 0 aromatic heterocycles. The van der Waals surface area contributed by atoms with Crippen LogP contribution in [-0.2, 0) is 0 Å². The van der Waals surface area contributed by atoms with Gasteiger partial charge in [0.05, 0.1) is 0 Å². The minimum absolute atomic E-state index is 0.00588. The topological polar surface area (TPSA) is 12.0 Å². The summed E-state index contributed by atoms with van der Waals surface area (Å²) in [6.07, 6.45) is -5.44. The maximum absolute atomic E-state index is 12.8. The predicted octanol–water partition coefficient (Wildman–Crippen LogP) is 2.02. The molecule has 0 aromatic rings. The van der Waals surface area contributed by atoms with Crippen LogP contribution in [0.15, 0.2) is 0 Å². The molecular weight excluding hydrogens is 167 g/mol. The van der Waals surface area contributed by atoms with E-state index < -0.39 is 18.5 Å². The van der Waals surface area contributed by atoms with Crippen molar-refractivity contribution in [3.8, 4) is 0 Å². The zero-order valence-corrected chi connectivity index (χ0v) is 7.65. The van der Waals surface area contributed by atoms with E-state index in [2.05, 4.69) is 5.32 Å². The van der Waals surface area contributed by atoms with Crippen molar-refractivity contribution in [3.05, 3.63) is 0 Å². The molecule has 0 amide bonds. The SMILES string of the molecule is CNC(C)CC(F)C(F)C(C)F. The summed E-state index contributed by atoms with van der Waals surface area (Å²) >= 11 is 0. The van der Waals surface area contributed by atoms with Crippen LogP contribution < -0.4 is 5.32 Å². The summed E-state index contributed by atoms with van der Waals surface area (Å²) < 4.78 is 37.7. The van der Waals surface area contributed by atoms with Gasteiger partial charge < -0.3 is 5.32 Å². The molecular formula is C8H16F3N. The van der Waals surface area contributed by atoms with E-state index in [0.717, 1.165) is 6.92 Å². The lowest BCUT2D eigenvalue weighted by Crippen LogP contribution is -2.33. The second kappa shape index (κ2) is 5.41. The van der Waals surface area contributed by atoms with Crippen LogP contribution in [0.5, 0.6) is 0 Å². The molecule has 0 radical (unpaired) electrons. The highest BCUT2D eigenvalue weighted by molar-refractivity contribution is 4.76. The van der Waals surface area contributed by atoms with Crippen LogP contribution >= 0.6 is 0 Å². The van der Waals surface area contributed by atoms with E-state index in [1.54, 1.807) is 14.0 Å². The summed E-state index contributed by atoms with van der Waals surface area (Å²) in [5.41, 5.74) is 0. The van der Waals surface area contributed by atoms with Crippen molar-refractivity contribution in [2.75, 3.05) is 7.05 Å². The molecule has 0 bridgehead atoms. The molecule has 0 saturated carbocycles. The highest BCUT2D eigenvalue weighted by atomic mass is 19.2. The monoisotopic (exact) mass is 183 g/mol. The Labute approximate surface area is 71.3 Å². The number of hydrogen-bond donors (Lipinski definition) is 1. The number of hydrogen-bond acceptors (Lipinski definition) is 1. The molecule has 4 atom stereocenters. The zero-order valence-electron chi connectivity index (χ0n) is 7.65. The van der Waals surface area contributed by atoms with Crippen LogP contribution in [0, 0.1) is 0 Å². The molecule has 0 aromatic carbocycles. The molecule has 4 unspecified atom stereocenters. The van der Waals surface area contributed by atoms with Crippen LogP contribution in [0.25, 0.3) is 0 Å². The Morgan fingerprint density at radius 2 is 1.67 bits per heavy atom. The standard InChI is InChI=1S/C8H16F3N/c1-5(12-3)4-7(10)8(11)6(2)9/h5-8,12H,4H2,1-3H3. The summed E-state index contributed by atoms with van der Waals surface area (Å²) in [7, 11) is 1.66. The van der Waals surface area contributed by atoms with E-state index in [1.807, 2.05) is 0 Å². The minimum Gasteiger partial charge on any atom is -0.317 e. The Morgan fingerprint density at radius 3 is 2.00 bits per heavy atom. The Hall–Kier alpha value is -0.250. The number of alkyl halides is 3. The first kappa shape index (κ1) is 11.8. The highest BCUT2D eigenvalue weighted by Crippen LogP contribution is 2.15. The van der Waals surface area contributed by atoms with E-state index in [0.29, 0.717) is 0 Å². The van der Waals surface area contributed by atoms with Crippen molar-refractivity contribution in [1.82, 2.24) is 5.32 Å². The first-order valence-electron chi connectivity index (χ1n) is 4.08. The third-order valence-electron chi connectivity index (χ3n) is 1.86. The fourth-order valence-electron chi connectivity index (χ4n) is 0.873. The summed E-state index contributed by atoms with van der Waals surface area (Å²) in [5.74, 6) is 0. The first-order valence-corrected chi connectivity index (χ1v) is 4.08. The third-order valence-corrected chi connectivity index (χ3v) is 1.86. The smallest absolute Gasteiger partial charge is 0.162 e.